The first kappa shape index (κ1) is 21.6. The summed E-state index contributed by atoms with van der Waals surface area (Å²) in [6.07, 6.45) is 14.7. The van der Waals surface area contributed by atoms with Crippen molar-refractivity contribution in [2.45, 2.75) is 41.5 Å². The molecular formula is C25H33N. The van der Waals surface area contributed by atoms with Crippen molar-refractivity contribution in [1.29, 1.82) is 0 Å². The normalized spacial score (nSPS) is 16.3. The number of hydrogen-bond acceptors (Lipinski definition) is 1. The molecule has 0 aliphatic rings. The van der Waals surface area contributed by atoms with Crippen LogP contribution in [0.1, 0.15) is 45.7 Å². The van der Waals surface area contributed by atoms with Crippen LogP contribution in [0, 0.1) is 18.8 Å². The second-order valence-electron chi connectivity index (χ2n) is 6.86. The van der Waals surface area contributed by atoms with Crippen LogP contribution in [-0.2, 0) is 0 Å². The maximum Gasteiger partial charge on any atom is 0.0369 e. The summed E-state index contributed by atoms with van der Waals surface area (Å²) >= 11 is 0. The van der Waals surface area contributed by atoms with Gasteiger partial charge in [-0.25, -0.2) is 0 Å². The van der Waals surface area contributed by atoms with Gasteiger partial charge in [0.1, 0.15) is 0 Å². The molecule has 0 aromatic heterocycles. The molecule has 0 saturated carbocycles. The lowest BCUT2D eigenvalue weighted by molar-refractivity contribution is 0.846. The molecule has 26 heavy (non-hydrogen) atoms. The van der Waals surface area contributed by atoms with E-state index in [1.807, 2.05) is 19.2 Å². The Bertz CT molecular complexity index is 741. The van der Waals surface area contributed by atoms with Gasteiger partial charge in [0, 0.05) is 11.9 Å². The predicted molar refractivity (Wildman–Crippen MR) is 119 cm³/mol. The number of hydrogen-bond donors (Lipinski definition) is 0. The van der Waals surface area contributed by atoms with E-state index in [1.165, 1.54) is 22.3 Å². The van der Waals surface area contributed by atoms with Crippen LogP contribution in [-0.4, -0.2) is 5.71 Å². The number of rotatable bonds is 8. The molecule has 0 radical (unpaired) electrons. The molecular weight excluding hydrogens is 314 g/mol. The Kier molecular flexibility index (Phi) is 9.36. The third-order valence-electron chi connectivity index (χ3n) is 4.27. The first-order valence-electron chi connectivity index (χ1n) is 9.30. The molecule has 2 unspecified atom stereocenters. The van der Waals surface area contributed by atoms with E-state index < -0.39 is 0 Å². The molecule has 1 rings (SSSR count). The van der Waals surface area contributed by atoms with Crippen LogP contribution in [0.4, 0.5) is 0 Å². The fourth-order valence-electron chi connectivity index (χ4n) is 2.52. The van der Waals surface area contributed by atoms with Gasteiger partial charge in [0.15, 0.2) is 0 Å². The van der Waals surface area contributed by atoms with Crippen molar-refractivity contribution < 1.29 is 0 Å². The van der Waals surface area contributed by atoms with Gasteiger partial charge in [-0.05, 0) is 62.3 Å². The number of benzene rings is 1. The quantitative estimate of drug-likeness (QED) is 0.265. The van der Waals surface area contributed by atoms with Gasteiger partial charge in [-0.15, -0.1) is 6.58 Å². The lowest BCUT2D eigenvalue weighted by atomic mass is 9.95. The number of nitrogens with zero attached hydrogens (tertiary/aromatic N) is 1. The summed E-state index contributed by atoms with van der Waals surface area (Å²) in [7, 11) is 0. The molecule has 1 aromatic rings. The smallest absolute Gasteiger partial charge is 0.0369 e. The molecule has 0 saturated heterocycles. The molecule has 1 nitrogen and oxygen atoms in total. The Morgan fingerprint density at radius 3 is 2.50 bits per heavy atom. The van der Waals surface area contributed by atoms with E-state index in [1.54, 1.807) is 0 Å². The van der Waals surface area contributed by atoms with Gasteiger partial charge < -0.3 is 0 Å². The summed E-state index contributed by atoms with van der Waals surface area (Å²) in [5, 5.41) is 0. The van der Waals surface area contributed by atoms with Crippen LogP contribution >= 0.6 is 0 Å². The molecule has 0 amide bonds. The highest BCUT2D eigenvalue weighted by molar-refractivity contribution is 5.93. The maximum absolute atomic E-state index is 4.60. The zero-order valence-electron chi connectivity index (χ0n) is 17.2. The van der Waals surface area contributed by atoms with Gasteiger partial charge in [-0.3, -0.25) is 4.99 Å². The lowest BCUT2D eigenvalue weighted by Crippen LogP contribution is -1.97. The van der Waals surface area contributed by atoms with Crippen LogP contribution < -0.4 is 0 Å². The summed E-state index contributed by atoms with van der Waals surface area (Å²) in [4.78, 5) is 4.60. The van der Waals surface area contributed by atoms with Gasteiger partial charge in [0.25, 0.3) is 0 Å². The van der Waals surface area contributed by atoms with Gasteiger partial charge in [0.2, 0.25) is 0 Å². The fraction of sp³-hybridized carbons (Fsp3) is 0.320. The van der Waals surface area contributed by atoms with E-state index in [-0.39, 0.29) is 0 Å². The first-order valence-corrected chi connectivity index (χ1v) is 9.30. The Balaban J connectivity index is 2.88. The molecule has 0 bridgehead atoms. The van der Waals surface area contributed by atoms with Crippen molar-refractivity contribution in [3.8, 4) is 0 Å². The molecule has 0 heterocycles. The van der Waals surface area contributed by atoms with Crippen LogP contribution in [0.5, 0.6) is 0 Å². The summed E-state index contributed by atoms with van der Waals surface area (Å²) in [5.41, 5.74) is 5.96. The van der Waals surface area contributed by atoms with Crippen molar-refractivity contribution in [3.63, 3.8) is 0 Å². The number of aryl methyl sites for hydroxylation is 1. The summed E-state index contributed by atoms with van der Waals surface area (Å²) in [6.45, 7) is 16.5. The first-order chi connectivity index (χ1) is 12.4. The molecule has 0 fully saturated rings. The van der Waals surface area contributed by atoms with E-state index in [9.17, 15) is 0 Å². The second kappa shape index (κ2) is 11.3. The maximum atomic E-state index is 4.60. The Morgan fingerprint density at radius 2 is 1.88 bits per heavy atom. The Hall–Kier alpha value is -2.41. The van der Waals surface area contributed by atoms with Gasteiger partial charge in [-0.2, -0.15) is 0 Å². The molecule has 138 valence electrons. The van der Waals surface area contributed by atoms with Gasteiger partial charge >= 0.3 is 0 Å². The second-order valence-corrected chi connectivity index (χ2v) is 6.86. The minimum absolute atomic E-state index is 0.334. The highest BCUT2D eigenvalue weighted by Gasteiger charge is 2.03. The molecule has 0 aliphatic heterocycles. The molecule has 1 aromatic carbocycles. The van der Waals surface area contributed by atoms with Gasteiger partial charge in [-0.1, -0.05) is 74.1 Å². The zero-order valence-corrected chi connectivity index (χ0v) is 17.2. The monoisotopic (exact) mass is 347 g/mol. The average Bonchev–Trinajstić information content (AvgIpc) is 2.63. The minimum Gasteiger partial charge on any atom is -0.261 e. The van der Waals surface area contributed by atoms with Gasteiger partial charge in [0.05, 0.1) is 0 Å². The van der Waals surface area contributed by atoms with E-state index in [2.05, 4.69) is 101 Å². The topological polar surface area (TPSA) is 12.4 Å². The van der Waals surface area contributed by atoms with Crippen LogP contribution in [0.2, 0.25) is 0 Å². The number of aliphatic imine (C=N–C) groups is 1. The highest BCUT2D eigenvalue weighted by Crippen LogP contribution is 2.18. The van der Waals surface area contributed by atoms with Crippen molar-refractivity contribution in [3.05, 3.63) is 90.2 Å². The van der Waals surface area contributed by atoms with Crippen LogP contribution in [0.25, 0.3) is 5.57 Å². The zero-order chi connectivity index (χ0) is 19.5. The SMILES string of the molecule is C=CC(C)/C=C(\C=C/C)C(C)\C=C/C(C)=N\C=C(/C)c1cccc(C)c1. The van der Waals surface area contributed by atoms with E-state index in [0.717, 1.165) is 5.71 Å². The van der Waals surface area contributed by atoms with E-state index in [4.69, 9.17) is 0 Å². The van der Waals surface area contributed by atoms with E-state index >= 15 is 0 Å². The molecule has 2 atom stereocenters. The average molecular weight is 348 g/mol. The summed E-state index contributed by atoms with van der Waals surface area (Å²) < 4.78 is 0. The third-order valence-corrected chi connectivity index (χ3v) is 4.27. The predicted octanol–water partition coefficient (Wildman–Crippen LogP) is 7.33. The van der Waals surface area contributed by atoms with Crippen LogP contribution in [0.3, 0.4) is 0 Å². The fourth-order valence-corrected chi connectivity index (χ4v) is 2.52. The molecule has 0 aliphatic carbocycles. The van der Waals surface area contributed by atoms with Crippen molar-refractivity contribution in [2.24, 2.45) is 16.8 Å². The van der Waals surface area contributed by atoms with Crippen molar-refractivity contribution in [2.75, 3.05) is 0 Å². The Labute approximate surface area is 160 Å². The molecule has 0 spiro atoms. The molecule has 1 heteroatoms. The van der Waals surface area contributed by atoms with E-state index in [0.29, 0.717) is 11.8 Å². The minimum atomic E-state index is 0.334. The van der Waals surface area contributed by atoms with Crippen LogP contribution in [0.15, 0.2) is 84.1 Å². The largest absolute Gasteiger partial charge is 0.261 e. The summed E-state index contributed by atoms with van der Waals surface area (Å²) in [6, 6.07) is 8.50. The standard InChI is InChI=1S/C25H33N/c1-8-11-24(16-19(3)9-2)21(5)14-15-23(7)26-18-22(6)25-13-10-12-20(4)17-25/h8-19,21H,2H2,1,3-7H3/b11-8-,15-14-,22-18+,24-16+,26-23-. The van der Waals surface area contributed by atoms with Crippen molar-refractivity contribution >= 4 is 11.3 Å². The highest BCUT2D eigenvalue weighted by atomic mass is 14.7. The summed E-state index contributed by atoms with van der Waals surface area (Å²) in [5.74, 6) is 0.701. The molecule has 0 N–H and O–H groups in total. The third kappa shape index (κ3) is 7.65. The number of allylic oxidation sites excluding steroid dienone is 8. The lowest BCUT2D eigenvalue weighted by Gasteiger charge is -2.10. The van der Waals surface area contributed by atoms with Crippen molar-refractivity contribution in [1.82, 2.24) is 0 Å². The Morgan fingerprint density at radius 1 is 1.15 bits per heavy atom.